The van der Waals surface area contributed by atoms with Crippen LogP contribution in [0.25, 0.3) is 0 Å². The first-order chi connectivity index (χ1) is 7.30. The molecule has 0 N–H and O–H groups in total. The largest absolute Gasteiger partial charge is 0.591 e. The fraction of sp³-hybridized carbons (Fsp3) is 0.400. The number of hydrogen-bond acceptors (Lipinski definition) is 3. The summed E-state index contributed by atoms with van der Waals surface area (Å²) in [7, 11) is 0. The lowest BCUT2D eigenvalue weighted by Crippen LogP contribution is -2.25. The smallest absolute Gasteiger partial charge is 0.144 e. The van der Waals surface area contributed by atoms with Crippen LogP contribution >= 0.6 is 23.2 Å². The van der Waals surface area contributed by atoms with E-state index in [9.17, 15) is 4.55 Å². The molecule has 0 aliphatic carbocycles. The van der Waals surface area contributed by atoms with Gasteiger partial charge in [-0.05, 0) is 32.9 Å². The lowest BCUT2D eigenvalue weighted by molar-refractivity contribution is 0.562. The van der Waals surface area contributed by atoms with Crippen LogP contribution in [0, 0.1) is 0 Å². The minimum absolute atomic E-state index is 0.326. The topological polar surface area (TPSA) is 48.3 Å². The van der Waals surface area contributed by atoms with Crippen molar-refractivity contribution in [2.45, 2.75) is 25.5 Å². The molecule has 0 fully saturated rings. The number of aromatic nitrogens is 1. The summed E-state index contributed by atoms with van der Waals surface area (Å²) < 4.78 is 15.2. The molecule has 1 aromatic rings. The average Bonchev–Trinajstić information content (AvgIpc) is 2.17. The number of rotatable bonds is 2. The van der Waals surface area contributed by atoms with Gasteiger partial charge in [-0.15, -0.1) is 0 Å². The molecule has 0 aliphatic heterocycles. The van der Waals surface area contributed by atoms with Gasteiger partial charge in [-0.25, -0.2) is 4.98 Å². The zero-order valence-electron chi connectivity index (χ0n) is 9.20. The summed E-state index contributed by atoms with van der Waals surface area (Å²) in [4.78, 5) is 3.98. The van der Waals surface area contributed by atoms with E-state index in [1.807, 2.05) is 20.8 Å². The molecule has 0 saturated carbocycles. The van der Waals surface area contributed by atoms with Gasteiger partial charge in [0.05, 0.1) is 5.02 Å². The molecule has 1 atom stereocenters. The fourth-order valence-electron chi connectivity index (χ4n) is 0.779. The maximum Gasteiger partial charge on any atom is 0.144 e. The van der Waals surface area contributed by atoms with Gasteiger partial charge in [-0.2, -0.15) is 0 Å². The van der Waals surface area contributed by atoms with E-state index in [2.05, 4.69) is 9.38 Å². The van der Waals surface area contributed by atoms with Crippen LogP contribution in [0.4, 0.5) is 0 Å². The Morgan fingerprint density at radius 3 is 2.56 bits per heavy atom. The maximum atomic E-state index is 11.6. The van der Waals surface area contributed by atoms with Gasteiger partial charge in [0.15, 0.2) is 0 Å². The van der Waals surface area contributed by atoms with Crippen LogP contribution in [0.1, 0.15) is 26.5 Å². The van der Waals surface area contributed by atoms with Gasteiger partial charge in [0.2, 0.25) is 0 Å². The van der Waals surface area contributed by atoms with Crippen molar-refractivity contribution in [3.05, 3.63) is 28.0 Å². The van der Waals surface area contributed by atoms with Gasteiger partial charge in [-0.3, -0.25) is 0 Å². The predicted molar refractivity (Wildman–Crippen MR) is 69.7 cm³/mol. The van der Waals surface area contributed by atoms with E-state index in [0.29, 0.717) is 15.9 Å². The third kappa shape index (κ3) is 3.94. The molecule has 16 heavy (non-hydrogen) atoms. The van der Waals surface area contributed by atoms with Crippen LogP contribution in [0.15, 0.2) is 16.5 Å². The van der Waals surface area contributed by atoms with Crippen molar-refractivity contribution in [1.29, 1.82) is 0 Å². The van der Waals surface area contributed by atoms with Crippen molar-refractivity contribution in [2.75, 3.05) is 0 Å². The Morgan fingerprint density at radius 1 is 1.38 bits per heavy atom. The van der Waals surface area contributed by atoms with Crippen LogP contribution < -0.4 is 0 Å². The standard InChI is InChI=1S/C10H12Cl2N2OS/c1-10(2,3)16(15)13-6-8-7(11)4-5-9(12)14-8/h4-6H,1-3H3/t16-/m0/s1. The van der Waals surface area contributed by atoms with Crippen LogP contribution in [-0.4, -0.2) is 20.5 Å². The number of nitrogens with zero attached hydrogens (tertiary/aromatic N) is 2. The van der Waals surface area contributed by atoms with E-state index in [-0.39, 0.29) is 0 Å². The molecule has 1 rings (SSSR count). The van der Waals surface area contributed by atoms with Crippen molar-refractivity contribution in [3.8, 4) is 0 Å². The Bertz CT molecular complexity index is 404. The third-order valence-corrected chi connectivity index (χ3v) is 3.51. The van der Waals surface area contributed by atoms with Crippen molar-refractivity contribution >= 4 is 40.8 Å². The molecule has 0 aromatic carbocycles. The Kier molecular flexibility index (Phi) is 4.62. The van der Waals surface area contributed by atoms with Crippen molar-refractivity contribution in [3.63, 3.8) is 0 Å². The van der Waals surface area contributed by atoms with Gasteiger partial charge in [-0.1, -0.05) is 27.6 Å². The first kappa shape index (κ1) is 13.8. The second kappa shape index (κ2) is 5.36. The molecule has 0 unspecified atom stereocenters. The fourth-order valence-corrected chi connectivity index (χ4v) is 1.60. The van der Waals surface area contributed by atoms with Gasteiger partial charge in [0.25, 0.3) is 0 Å². The van der Waals surface area contributed by atoms with E-state index in [4.69, 9.17) is 23.2 Å². The summed E-state index contributed by atoms with van der Waals surface area (Å²) in [6, 6.07) is 3.21. The van der Waals surface area contributed by atoms with E-state index < -0.39 is 16.1 Å². The van der Waals surface area contributed by atoms with Gasteiger partial charge >= 0.3 is 0 Å². The normalized spacial score (nSPS) is 14.4. The number of pyridine rings is 1. The summed E-state index contributed by atoms with van der Waals surface area (Å²) in [5.74, 6) is 0. The summed E-state index contributed by atoms with van der Waals surface area (Å²) in [6.45, 7) is 5.52. The van der Waals surface area contributed by atoms with Crippen LogP contribution in [-0.2, 0) is 11.4 Å². The Balaban J connectivity index is 2.88. The first-order valence-corrected chi connectivity index (χ1v) is 6.45. The van der Waals surface area contributed by atoms with Crippen LogP contribution in [0.5, 0.6) is 0 Å². The van der Waals surface area contributed by atoms with Crippen LogP contribution in [0.2, 0.25) is 10.2 Å². The maximum absolute atomic E-state index is 11.6. The third-order valence-electron chi connectivity index (χ3n) is 1.63. The summed E-state index contributed by atoms with van der Waals surface area (Å²) in [5, 5.41) is 0.756. The molecule has 1 heterocycles. The number of hydrogen-bond donors (Lipinski definition) is 0. The molecule has 1 aromatic heterocycles. The van der Waals surface area contributed by atoms with Gasteiger partial charge in [0.1, 0.15) is 33.2 Å². The highest BCUT2D eigenvalue weighted by Gasteiger charge is 2.25. The van der Waals surface area contributed by atoms with E-state index >= 15 is 0 Å². The van der Waals surface area contributed by atoms with Gasteiger partial charge < -0.3 is 4.55 Å². The zero-order chi connectivity index (χ0) is 12.3. The van der Waals surface area contributed by atoms with E-state index in [1.54, 1.807) is 12.1 Å². The van der Waals surface area contributed by atoms with Crippen molar-refractivity contribution < 1.29 is 4.55 Å². The SMILES string of the molecule is CC(C)(C)[S@+]([O-])N=Cc1nc(Cl)ccc1Cl. The molecule has 88 valence electrons. The summed E-state index contributed by atoms with van der Waals surface area (Å²) in [6.07, 6.45) is 1.38. The molecule has 0 aliphatic rings. The lowest BCUT2D eigenvalue weighted by atomic mass is 10.3. The van der Waals surface area contributed by atoms with Crippen LogP contribution in [0.3, 0.4) is 0 Å². The quantitative estimate of drug-likeness (QED) is 0.474. The average molecular weight is 279 g/mol. The number of halogens is 2. The highest BCUT2D eigenvalue weighted by Crippen LogP contribution is 2.19. The molecular weight excluding hydrogens is 267 g/mol. The Hall–Kier alpha value is -0.290. The molecule has 3 nitrogen and oxygen atoms in total. The minimum atomic E-state index is -1.32. The first-order valence-electron chi connectivity index (χ1n) is 4.59. The lowest BCUT2D eigenvalue weighted by Gasteiger charge is -2.17. The molecule has 0 amide bonds. The minimum Gasteiger partial charge on any atom is -0.591 e. The Morgan fingerprint density at radius 2 is 2.00 bits per heavy atom. The molecular formula is C10H12Cl2N2OS. The van der Waals surface area contributed by atoms with Crippen molar-refractivity contribution in [1.82, 2.24) is 4.98 Å². The predicted octanol–water partition coefficient (Wildman–Crippen LogP) is 3.27. The van der Waals surface area contributed by atoms with Crippen molar-refractivity contribution in [2.24, 2.45) is 4.40 Å². The van der Waals surface area contributed by atoms with E-state index in [1.165, 1.54) is 6.21 Å². The monoisotopic (exact) mass is 278 g/mol. The molecule has 0 bridgehead atoms. The second-order valence-electron chi connectivity index (χ2n) is 4.10. The zero-order valence-corrected chi connectivity index (χ0v) is 11.5. The highest BCUT2D eigenvalue weighted by atomic mass is 35.5. The molecule has 0 saturated heterocycles. The molecule has 6 heteroatoms. The van der Waals surface area contributed by atoms with Gasteiger partial charge in [0, 0.05) is 0 Å². The summed E-state index contributed by atoms with van der Waals surface area (Å²) >= 11 is 10.3. The molecule has 0 spiro atoms. The highest BCUT2D eigenvalue weighted by molar-refractivity contribution is 7.91. The molecule has 0 radical (unpaired) electrons. The second-order valence-corrected chi connectivity index (χ2v) is 6.83. The van der Waals surface area contributed by atoms with E-state index in [0.717, 1.165) is 0 Å². The Labute approximate surface area is 108 Å². The summed E-state index contributed by atoms with van der Waals surface area (Å²) in [5.41, 5.74) is 0.423.